The normalized spacial score (nSPS) is 10.0. The number of hydrogen-bond donors (Lipinski definition) is 1. The fraction of sp³-hybridized carbons (Fsp3) is 0.214. The summed E-state index contributed by atoms with van der Waals surface area (Å²) < 4.78 is 6.97. The molecule has 0 bridgehead atoms. The van der Waals surface area contributed by atoms with Gasteiger partial charge in [0.05, 0.1) is 5.56 Å². The Morgan fingerprint density at radius 3 is 3.00 bits per heavy atom. The van der Waals surface area contributed by atoms with Crippen LogP contribution in [-0.4, -0.2) is 9.55 Å². The van der Waals surface area contributed by atoms with Gasteiger partial charge in [0, 0.05) is 24.6 Å². The average molecular weight is 270 g/mol. The molecule has 0 aliphatic carbocycles. The predicted molar refractivity (Wildman–Crippen MR) is 74.4 cm³/mol. The van der Waals surface area contributed by atoms with E-state index in [4.69, 9.17) is 15.7 Å². The second-order valence-corrected chi connectivity index (χ2v) is 4.20. The second-order valence-electron chi connectivity index (χ2n) is 4.20. The van der Waals surface area contributed by atoms with E-state index in [1.165, 1.54) is 16.8 Å². The maximum Gasteiger partial charge on any atom is 0.313 e. The number of nitrogens with two attached hydrogens (primary N) is 1. The molecule has 0 saturated carbocycles. The van der Waals surface area contributed by atoms with Gasteiger partial charge >= 0.3 is 5.56 Å². The largest absolute Gasteiger partial charge is 0.433 e. The number of ether oxygens (including phenoxy) is 1. The summed E-state index contributed by atoms with van der Waals surface area (Å²) in [4.78, 5) is 16.0. The molecule has 0 fully saturated rings. The molecule has 1 aromatic heterocycles. The second kappa shape index (κ2) is 5.89. The number of anilines is 1. The Kier molecular flexibility index (Phi) is 4.01. The molecule has 0 aliphatic rings. The molecule has 0 saturated heterocycles. The topological polar surface area (TPSA) is 93.9 Å². The van der Waals surface area contributed by atoms with Crippen LogP contribution in [-0.2, 0) is 6.54 Å². The van der Waals surface area contributed by atoms with E-state index in [0.717, 1.165) is 6.42 Å². The molecule has 0 unspecified atom stereocenters. The molecule has 1 heterocycles. The minimum absolute atomic E-state index is 0.0535. The van der Waals surface area contributed by atoms with Crippen LogP contribution in [0, 0.1) is 11.3 Å². The van der Waals surface area contributed by atoms with E-state index in [1.54, 1.807) is 18.3 Å². The molecule has 1 aromatic carbocycles. The Morgan fingerprint density at radius 1 is 1.50 bits per heavy atom. The van der Waals surface area contributed by atoms with Crippen molar-refractivity contribution in [2.45, 2.75) is 19.9 Å². The van der Waals surface area contributed by atoms with Crippen LogP contribution in [0.15, 0.2) is 35.4 Å². The zero-order chi connectivity index (χ0) is 14.5. The van der Waals surface area contributed by atoms with Gasteiger partial charge in [0.1, 0.15) is 11.8 Å². The van der Waals surface area contributed by atoms with Crippen molar-refractivity contribution in [2.75, 3.05) is 5.73 Å². The first-order chi connectivity index (χ1) is 9.65. The molecule has 6 heteroatoms. The van der Waals surface area contributed by atoms with Crippen LogP contribution in [0.2, 0.25) is 0 Å². The van der Waals surface area contributed by atoms with Gasteiger partial charge in [-0.2, -0.15) is 5.26 Å². The third-order valence-corrected chi connectivity index (χ3v) is 2.68. The first-order valence-corrected chi connectivity index (χ1v) is 6.18. The highest BCUT2D eigenvalue weighted by Gasteiger charge is 2.10. The van der Waals surface area contributed by atoms with Crippen molar-refractivity contribution >= 4 is 5.69 Å². The molecule has 0 atom stereocenters. The smallest absolute Gasteiger partial charge is 0.313 e. The van der Waals surface area contributed by atoms with E-state index in [1.807, 2.05) is 13.0 Å². The molecular formula is C14H14N4O2. The lowest BCUT2D eigenvalue weighted by Crippen LogP contribution is -2.21. The molecular weight excluding hydrogens is 256 g/mol. The number of nitrogen functional groups attached to an aromatic ring is 1. The molecule has 0 radical (unpaired) electrons. The Labute approximate surface area is 116 Å². The Hall–Kier alpha value is -2.81. The fourth-order valence-electron chi connectivity index (χ4n) is 1.74. The van der Waals surface area contributed by atoms with E-state index in [0.29, 0.717) is 12.2 Å². The Bertz CT molecular complexity index is 716. The molecule has 0 aliphatic heterocycles. The summed E-state index contributed by atoms with van der Waals surface area (Å²) in [6.45, 7) is 2.56. The summed E-state index contributed by atoms with van der Waals surface area (Å²) in [5.41, 5.74) is 6.00. The van der Waals surface area contributed by atoms with Crippen LogP contribution < -0.4 is 16.0 Å². The zero-order valence-corrected chi connectivity index (χ0v) is 11.0. The third-order valence-electron chi connectivity index (χ3n) is 2.68. The predicted octanol–water partition coefficient (Wildman–Crippen LogP) is 1.90. The number of nitrogens with zero attached hydrogens (tertiary/aromatic N) is 3. The van der Waals surface area contributed by atoms with Crippen LogP contribution in [0.5, 0.6) is 11.6 Å². The van der Waals surface area contributed by atoms with Crippen LogP contribution in [0.4, 0.5) is 5.69 Å². The van der Waals surface area contributed by atoms with Gasteiger partial charge in [-0.3, -0.25) is 4.79 Å². The van der Waals surface area contributed by atoms with E-state index >= 15 is 0 Å². The summed E-state index contributed by atoms with van der Waals surface area (Å²) in [6, 6.07) is 6.61. The van der Waals surface area contributed by atoms with Crippen molar-refractivity contribution in [1.82, 2.24) is 9.55 Å². The standard InChI is InChI=1S/C14H14N4O2/c1-2-6-18-7-5-17-13(14(18)19)20-12-4-3-11(16)8-10(12)9-15/h3-5,7-8H,2,6,16H2,1H3. The van der Waals surface area contributed by atoms with Crippen molar-refractivity contribution in [2.24, 2.45) is 0 Å². The SMILES string of the molecule is CCCn1ccnc(Oc2ccc(N)cc2C#N)c1=O. The number of hydrogen-bond acceptors (Lipinski definition) is 5. The number of aryl methyl sites for hydroxylation is 1. The molecule has 2 rings (SSSR count). The first-order valence-electron chi connectivity index (χ1n) is 6.18. The zero-order valence-electron chi connectivity index (χ0n) is 11.0. The summed E-state index contributed by atoms with van der Waals surface area (Å²) in [5, 5.41) is 9.04. The van der Waals surface area contributed by atoms with Crippen molar-refractivity contribution in [3.05, 3.63) is 46.5 Å². The molecule has 6 nitrogen and oxygen atoms in total. The highest BCUT2D eigenvalue weighted by atomic mass is 16.5. The van der Waals surface area contributed by atoms with Crippen LogP contribution in [0.3, 0.4) is 0 Å². The summed E-state index contributed by atoms with van der Waals surface area (Å²) in [7, 11) is 0. The summed E-state index contributed by atoms with van der Waals surface area (Å²) >= 11 is 0. The number of benzene rings is 1. The maximum atomic E-state index is 12.1. The third kappa shape index (κ3) is 2.78. The van der Waals surface area contributed by atoms with Gasteiger partial charge in [-0.05, 0) is 24.6 Å². The lowest BCUT2D eigenvalue weighted by Gasteiger charge is -2.08. The Morgan fingerprint density at radius 2 is 2.30 bits per heavy atom. The fourth-order valence-corrected chi connectivity index (χ4v) is 1.74. The van der Waals surface area contributed by atoms with E-state index in [-0.39, 0.29) is 22.8 Å². The van der Waals surface area contributed by atoms with E-state index in [2.05, 4.69) is 4.98 Å². The highest BCUT2D eigenvalue weighted by molar-refractivity contribution is 5.53. The number of nitriles is 1. The minimum Gasteiger partial charge on any atom is -0.433 e. The lowest BCUT2D eigenvalue weighted by atomic mass is 10.2. The highest BCUT2D eigenvalue weighted by Crippen LogP contribution is 2.23. The monoisotopic (exact) mass is 270 g/mol. The lowest BCUT2D eigenvalue weighted by molar-refractivity contribution is 0.442. The van der Waals surface area contributed by atoms with E-state index in [9.17, 15) is 4.79 Å². The molecule has 2 N–H and O–H groups in total. The Balaban J connectivity index is 2.38. The number of aromatic nitrogens is 2. The quantitative estimate of drug-likeness (QED) is 0.856. The van der Waals surface area contributed by atoms with Crippen molar-refractivity contribution in [3.63, 3.8) is 0 Å². The van der Waals surface area contributed by atoms with Crippen molar-refractivity contribution in [3.8, 4) is 17.7 Å². The molecule has 2 aromatic rings. The molecule has 102 valence electrons. The van der Waals surface area contributed by atoms with Gasteiger partial charge in [-0.25, -0.2) is 4.98 Å². The maximum absolute atomic E-state index is 12.1. The van der Waals surface area contributed by atoms with Gasteiger partial charge in [-0.15, -0.1) is 0 Å². The summed E-state index contributed by atoms with van der Waals surface area (Å²) in [5.74, 6) is 0.211. The van der Waals surface area contributed by atoms with Gasteiger partial charge in [-0.1, -0.05) is 6.92 Å². The van der Waals surface area contributed by atoms with Crippen molar-refractivity contribution in [1.29, 1.82) is 5.26 Å². The molecule has 20 heavy (non-hydrogen) atoms. The van der Waals surface area contributed by atoms with Gasteiger partial charge < -0.3 is 15.0 Å². The van der Waals surface area contributed by atoms with E-state index < -0.39 is 0 Å². The van der Waals surface area contributed by atoms with Gasteiger partial charge in [0.15, 0.2) is 0 Å². The van der Waals surface area contributed by atoms with Gasteiger partial charge in [0.2, 0.25) is 0 Å². The van der Waals surface area contributed by atoms with Crippen LogP contribution in [0.1, 0.15) is 18.9 Å². The molecule has 0 spiro atoms. The summed E-state index contributed by atoms with van der Waals surface area (Å²) in [6.07, 6.45) is 3.93. The van der Waals surface area contributed by atoms with Crippen LogP contribution >= 0.6 is 0 Å². The molecule has 0 amide bonds. The number of rotatable bonds is 4. The van der Waals surface area contributed by atoms with Crippen LogP contribution in [0.25, 0.3) is 0 Å². The van der Waals surface area contributed by atoms with Gasteiger partial charge in [0.25, 0.3) is 5.88 Å². The first kappa shape index (κ1) is 13.6. The average Bonchev–Trinajstić information content (AvgIpc) is 2.45. The van der Waals surface area contributed by atoms with Crippen molar-refractivity contribution < 1.29 is 4.74 Å². The minimum atomic E-state index is -0.324.